The van der Waals surface area contributed by atoms with E-state index < -0.39 is 17.6 Å². The van der Waals surface area contributed by atoms with Crippen LogP contribution in [0.2, 0.25) is 0 Å². The maximum absolute atomic E-state index is 13.9. The molecule has 3 rings (SSSR count). The molecule has 1 saturated heterocycles. The van der Waals surface area contributed by atoms with Crippen LogP contribution in [0.25, 0.3) is 0 Å². The molecule has 1 aromatic heterocycles. The first kappa shape index (κ1) is 19.9. The molecular formula is C19H19F4N3O2. The van der Waals surface area contributed by atoms with Crippen molar-refractivity contribution in [2.45, 2.75) is 25.1 Å². The fourth-order valence-electron chi connectivity index (χ4n) is 3.19. The van der Waals surface area contributed by atoms with Gasteiger partial charge in [-0.05, 0) is 37.1 Å². The molecule has 1 aliphatic heterocycles. The van der Waals surface area contributed by atoms with Crippen molar-refractivity contribution < 1.29 is 27.1 Å². The van der Waals surface area contributed by atoms with Gasteiger partial charge < -0.3 is 15.0 Å². The molecule has 0 spiro atoms. The minimum Gasteiger partial charge on any atom is -0.493 e. The zero-order valence-corrected chi connectivity index (χ0v) is 15.1. The molecule has 150 valence electrons. The second kappa shape index (κ2) is 8.04. The number of hydrogen-bond donors (Lipinski definition) is 1. The minimum atomic E-state index is -4.44. The number of carbonyl (C=O) groups excluding carboxylic acids is 1. The highest BCUT2D eigenvalue weighted by molar-refractivity contribution is 5.97. The monoisotopic (exact) mass is 397 g/mol. The molecule has 5 nitrogen and oxygen atoms in total. The normalized spacial score (nSPS) is 17.3. The Morgan fingerprint density at radius 1 is 1.29 bits per heavy atom. The predicted octanol–water partition coefficient (Wildman–Crippen LogP) is 3.96. The summed E-state index contributed by atoms with van der Waals surface area (Å²) in [7, 11) is 1.30. The second-order valence-electron chi connectivity index (χ2n) is 6.49. The van der Waals surface area contributed by atoms with E-state index in [1.807, 2.05) is 0 Å². The number of nitrogens with zero attached hydrogens (tertiary/aromatic N) is 2. The average molecular weight is 397 g/mol. The number of para-hydroxylation sites is 1. The summed E-state index contributed by atoms with van der Waals surface area (Å²) in [6.07, 6.45) is -2.25. The summed E-state index contributed by atoms with van der Waals surface area (Å²) >= 11 is 0. The van der Waals surface area contributed by atoms with Gasteiger partial charge in [-0.15, -0.1) is 0 Å². The third-order valence-electron chi connectivity index (χ3n) is 4.55. The fraction of sp³-hybridized carbons (Fsp3) is 0.368. The topological polar surface area (TPSA) is 54.5 Å². The number of anilines is 1. The number of alkyl halides is 3. The van der Waals surface area contributed by atoms with Crippen molar-refractivity contribution in [1.29, 1.82) is 0 Å². The lowest BCUT2D eigenvalue weighted by Gasteiger charge is -2.33. The number of pyridine rings is 1. The van der Waals surface area contributed by atoms with Gasteiger partial charge in [0.2, 0.25) is 0 Å². The van der Waals surface area contributed by atoms with Gasteiger partial charge in [0.1, 0.15) is 5.82 Å². The highest BCUT2D eigenvalue weighted by Crippen LogP contribution is 2.29. The van der Waals surface area contributed by atoms with Crippen LogP contribution in [0.1, 0.15) is 28.8 Å². The van der Waals surface area contributed by atoms with Crippen LogP contribution in [-0.2, 0) is 6.18 Å². The van der Waals surface area contributed by atoms with Crippen molar-refractivity contribution >= 4 is 11.7 Å². The summed E-state index contributed by atoms with van der Waals surface area (Å²) in [4.78, 5) is 18.2. The van der Waals surface area contributed by atoms with Crippen LogP contribution in [-0.4, -0.2) is 42.0 Å². The van der Waals surface area contributed by atoms with E-state index >= 15 is 0 Å². The van der Waals surface area contributed by atoms with E-state index in [-0.39, 0.29) is 23.3 Å². The molecule has 0 aliphatic carbocycles. The van der Waals surface area contributed by atoms with Gasteiger partial charge >= 0.3 is 6.18 Å². The highest BCUT2D eigenvalue weighted by Gasteiger charge is 2.31. The van der Waals surface area contributed by atoms with Crippen LogP contribution in [0.5, 0.6) is 5.75 Å². The standard InChI is InChI=1S/C19H19F4N3O2/c1-28-17-14(5-2-6-15(17)20)18(27)26-9-3-4-13(11-26)25-16-8-7-12(10-24-16)19(21,22)23/h2,5-8,10,13H,3-4,9,11H2,1H3,(H,24,25). The van der Waals surface area contributed by atoms with Gasteiger partial charge in [-0.2, -0.15) is 13.2 Å². The van der Waals surface area contributed by atoms with Crippen molar-refractivity contribution in [3.05, 3.63) is 53.5 Å². The smallest absolute Gasteiger partial charge is 0.417 e. The molecule has 1 aromatic carbocycles. The van der Waals surface area contributed by atoms with Crippen LogP contribution in [0, 0.1) is 5.82 Å². The van der Waals surface area contributed by atoms with Gasteiger partial charge in [0, 0.05) is 25.3 Å². The molecule has 1 amide bonds. The Labute approximate surface area is 159 Å². The highest BCUT2D eigenvalue weighted by atomic mass is 19.4. The molecule has 9 heteroatoms. The third-order valence-corrected chi connectivity index (χ3v) is 4.55. The summed E-state index contributed by atoms with van der Waals surface area (Å²) < 4.78 is 56.8. The van der Waals surface area contributed by atoms with Crippen LogP contribution >= 0.6 is 0 Å². The van der Waals surface area contributed by atoms with Gasteiger partial charge in [0.15, 0.2) is 11.6 Å². The number of hydrogen-bond acceptors (Lipinski definition) is 4. The van der Waals surface area contributed by atoms with Gasteiger partial charge in [-0.1, -0.05) is 6.07 Å². The zero-order chi connectivity index (χ0) is 20.3. The maximum Gasteiger partial charge on any atom is 0.417 e. The summed E-state index contributed by atoms with van der Waals surface area (Å²) in [6, 6.07) is 6.20. The van der Waals surface area contributed by atoms with Crippen LogP contribution < -0.4 is 10.1 Å². The number of rotatable bonds is 4. The molecule has 2 aromatic rings. The Balaban J connectivity index is 1.69. The fourth-order valence-corrected chi connectivity index (χ4v) is 3.19. The van der Waals surface area contributed by atoms with Crippen molar-refractivity contribution in [1.82, 2.24) is 9.88 Å². The SMILES string of the molecule is COc1c(F)cccc1C(=O)N1CCCC(Nc2ccc(C(F)(F)F)cn2)C1. The first-order valence-electron chi connectivity index (χ1n) is 8.71. The van der Waals surface area contributed by atoms with Gasteiger partial charge in [-0.3, -0.25) is 4.79 Å². The molecular weight excluding hydrogens is 378 g/mol. The van der Waals surface area contributed by atoms with Gasteiger partial charge in [0.25, 0.3) is 5.91 Å². The number of ether oxygens (including phenoxy) is 1. The van der Waals surface area contributed by atoms with Crippen LogP contribution in [0.3, 0.4) is 0 Å². The first-order valence-corrected chi connectivity index (χ1v) is 8.71. The molecule has 1 atom stereocenters. The summed E-state index contributed by atoms with van der Waals surface area (Å²) in [5.74, 6) is -0.778. The van der Waals surface area contributed by atoms with E-state index in [1.165, 1.54) is 31.4 Å². The number of benzene rings is 1. The minimum absolute atomic E-state index is 0.105. The maximum atomic E-state index is 13.9. The number of methoxy groups -OCH3 is 1. The molecule has 0 radical (unpaired) electrons. The Morgan fingerprint density at radius 2 is 2.07 bits per heavy atom. The number of amides is 1. The number of piperidine rings is 1. The van der Waals surface area contributed by atoms with Gasteiger partial charge in [-0.25, -0.2) is 9.37 Å². The molecule has 0 bridgehead atoms. The Kier molecular flexibility index (Phi) is 5.71. The van der Waals surface area contributed by atoms with E-state index in [0.29, 0.717) is 25.3 Å². The number of aromatic nitrogens is 1. The molecule has 1 unspecified atom stereocenters. The van der Waals surface area contributed by atoms with Crippen LogP contribution in [0.15, 0.2) is 36.5 Å². The number of likely N-dealkylation sites (tertiary alicyclic amines) is 1. The third kappa shape index (κ3) is 4.35. The largest absolute Gasteiger partial charge is 0.493 e. The number of carbonyl (C=O) groups is 1. The first-order chi connectivity index (χ1) is 13.3. The molecule has 0 saturated carbocycles. The van der Waals surface area contributed by atoms with E-state index in [1.54, 1.807) is 4.90 Å². The zero-order valence-electron chi connectivity index (χ0n) is 15.1. The molecule has 28 heavy (non-hydrogen) atoms. The lowest BCUT2D eigenvalue weighted by Crippen LogP contribution is -2.45. The van der Waals surface area contributed by atoms with Crippen molar-refractivity contribution in [3.8, 4) is 5.75 Å². The van der Waals surface area contributed by atoms with Crippen LogP contribution in [0.4, 0.5) is 23.4 Å². The van der Waals surface area contributed by atoms with E-state index in [4.69, 9.17) is 4.74 Å². The number of nitrogens with one attached hydrogen (secondary N) is 1. The van der Waals surface area contributed by atoms with Gasteiger partial charge in [0.05, 0.1) is 18.2 Å². The summed E-state index contributed by atoms with van der Waals surface area (Å²) in [5, 5.41) is 3.06. The van der Waals surface area contributed by atoms with E-state index in [0.717, 1.165) is 18.7 Å². The average Bonchev–Trinajstić information content (AvgIpc) is 2.67. The van der Waals surface area contributed by atoms with E-state index in [9.17, 15) is 22.4 Å². The van der Waals surface area contributed by atoms with Crippen molar-refractivity contribution in [2.24, 2.45) is 0 Å². The second-order valence-corrected chi connectivity index (χ2v) is 6.49. The van der Waals surface area contributed by atoms with Crippen molar-refractivity contribution in [3.63, 3.8) is 0 Å². The Hall–Kier alpha value is -2.84. The lowest BCUT2D eigenvalue weighted by molar-refractivity contribution is -0.137. The Bertz CT molecular complexity index is 840. The number of halogens is 4. The molecule has 1 aliphatic rings. The predicted molar refractivity (Wildman–Crippen MR) is 94.7 cm³/mol. The summed E-state index contributed by atoms with van der Waals surface area (Å²) in [5.41, 5.74) is -0.687. The quantitative estimate of drug-likeness (QED) is 0.794. The Morgan fingerprint density at radius 3 is 2.71 bits per heavy atom. The molecule has 2 heterocycles. The molecule has 1 fully saturated rings. The molecule has 1 N–H and O–H groups in total. The summed E-state index contributed by atoms with van der Waals surface area (Å²) in [6.45, 7) is 0.818. The van der Waals surface area contributed by atoms with E-state index in [2.05, 4.69) is 10.3 Å². The lowest BCUT2D eigenvalue weighted by atomic mass is 10.0. The van der Waals surface area contributed by atoms with Crippen molar-refractivity contribution in [2.75, 3.05) is 25.5 Å².